The Morgan fingerprint density at radius 1 is 2.00 bits per heavy atom. The fourth-order valence-electron chi connectivity index (χ4n) is 0. The lowest BCUT2D eigenvalue weighted by Crippen LogP contribution is -2.10. The Bertz CT molecular complexity index is 94.7. The molecule has 0 amide bonds. The molecule has 0 aromatic heterocycles. The number of aliphatic carboxylic acids is 1. The van der Waals surface area contributed by atoms with Crippen LogP contribution in [0.5, 0.6) is 0 Å². The number of carbonyl (C=O) groups is 1. The van der Waals surface area contributed by atoms with Crippen LogP contribution in [0.2, 0.25) is 0 Å². The monoisotopic (exact) mass is 116 g/mol. The van der Waals surface area contributed by atoms with Crippen LogP contribution in [0.4, 0.5) is 0 Å². The first-order valence-corrected chi connectivity index (χ1v) is 1.91. The van der Waals surface area contributed by atoms with E-state index in [4.69, 9.17) is 10.4 Å². The van der Waals surface area contributed by atoms with Gasteiger partial charge in [0.25, 0.3) is 0 Å². The van der Waals surface area contributed by atoms with Crippen LogP contribution in [0.15, 0.2) is 0 Å². The van der Waals surface area contributed by atoms with Crippen LogP contribution in [-0.4, -0.2) is 17.6 Å². The van der Waals surface area contributed by atoms with E-state index in [1.807, 2.05) is 0 Å². The van der Waals surface area contributed by atoms with Crippen LogP contribution in [0.3, 0.4) is 0 Å². The van der Waals surface area contributed by atoms with E-state index in [0.29, 0.717) is 0 Å². The zero-order chi connectivity index (χ0) is 6.99. The second-order valence-corrected chi connectivity index (χ2v) is 0.821. The second-order valence-electron chi connectivity index (χ2n) is 0.821. The SMILES string of the molecule is CC#N.NCC(=O)O. The maximum absolute atomic E-state index is 9.24. The maximum atomic E-state index is 9.24. The van der Waals surface area contributed by atoms with Gasteiger partial charge in [0.05, 0.1) is 12.6 Å². The quantitative estimate of drug-likeness (QED) is 0.486. The highest BCUT2D eigenvalue weighted by atomic mass is 16.4. The molecule has 0 aliphatic heterocycles. The Balaban J connectivity index is 0. The van der Waals surface area contributed by atoms with Gasteiger partial charge in [-0.3, -0.25) is 4.79 Å². The minimum atomic E-state index is -0.968. The second kappa shape index (κ2) is 9.33. The minimum absolute atomic E-state index is 0.278. The van der Waals surface area contributed by atoms with Gasteiger partial charge in [-0.05, 0) is 0 Å². The number of nitrogens with two attached hydrogens (primary N) is 1. The van der Waals surface area contributed by atoms with Gasteiger partial charge in [0.15, 0.2) is 0 Å². The van der Waals surface area contributed by atoms with E-state index in [9.17, 15) is 4.79 Å². The van der Waals surface area contributed by atoms with Crippen LogP contribution < -0.4 is 5.73 Å². The highest BCUT2D eigenvalue weighted by Crippen LogP contribution is 1.43. The maximum Gasteiger partial charge on any atom is 0.317 e. The fourth-order valence-corrected chi connectivity index (χ4v) is 0. The summed E-state index contributed by atoms with van der Waals surface area (Å²) in [5, 5.41) is 14.9. The molecule has 0 aliphatic carbocycles. The van der Waals surface area contributed by atoms with Crippen molar-refractivity contribution in [3.8, 4) is 6.07 Å². The van der Waals surface area contributed by atoms with Crippen LogP contribution in [0.25, 0.3) is 0 Å². The predicted octanol–water partition coefficient (Wildman–Crippen LogP) is -0.440. The molecule has 0 bridgehead atoms. The highest BCUT2D eigenvalue weighted by molar-refractivity contribution is 5.68. The van der Waals surface area contributed by atoms with E-state index in [1.54, 1.807) is 6.07 Å². The summed E-state index contributed by atoms with van der Waals surface area (Å²) < 4.78 is 0. The average Bonchev–Trinajstić information content (AvgIpc) is 1.69. The summed E-state index contributed by atoms with van der Waals surface area (Å²) in [6.07, 6.45) is 0. The summed E-state index contributed by atoms with van der Waals surface area (Å²) in [7, 11) is 0. The molecule has 0 radical (unpaired) electrons. The first kappa shape index (κ1) is 10.0. The average molecular weight is 116 g/mol. The molecule has 8 heavy (non-hydrogen) atoms. The zero-order valence-corrected chi connectivity index (χ0v) is 4.59. The summed E-state index contributed by atoms with van der Waals surface area (Å²) in [4.78, 5) is 9.24. The molecule has 4 heteroatoms. The van der Waals surface area contributed by atoms with E-state index in [0.717, 1.165) is 0 Å². The normalized spacial score (nSPS) is 5.62. The van der Waals surface area contributed by atoms with Crippen molar-refractivity contribution in [3.63, 3.8) is 0 Å². The van der Waals surface area contributed by atoms with Gasteiger partial charge >= 0.3 is 5.97 Å². The number of nitriles is 1. The minimum Gasteiger partial charge on any atom is -0.480 e. The van der Waals surface area contributed by atoms with Gasteiger partial charge in [-0.15, -0.1) is 0 Å². The van der Waals surface area contributed by atoms with Gasteiger partial charge < -0.3 is 10.8 Å². The number of hydrogen-bond donors (Lipinski definition) is 2. The van der Waals surface area contributed by atoms with Crippen molar-refractivity contribution in [2.75, 3.05) is 6.54 Å². The van der Waals surface area contributed by atoms with Gasteiger partial charge in [0, 0.05) is 6.92 Å². The smallest absolute Gasteiger partial charge is 0.317 e. The Morgan fingerprint density at radius 3 is 2.12 bits per heavy atom. The summed E-state index contributed by atoms with van der Waals surface area (Å²) in [5.41, 5.74) is 4.57. The highest BCUT2D eigenvalue weighted by Gasteiger charge is 1.81. The molecular weight excluding hydrogens is 108 g/mol. The van der Waals surface area contributed by atoms with E-state index in [1.165, 1.54) is 6.92 Å². The van der Waals surface area contributed by atoms with Crippen molar-refractivity contribution in [2.45, 2.75) is 6.92 Å². The topological polar surface area (TPSA) is 87.1 Å². The lowest BCUT2D eigenvalue weighted by atomic mass is 10.7. The summed E-state index contributed by atoms with van der Waals surface area (Å²) in [6, 6.07) is 1.75. The Morgan fingerprint density at radius 2 is 2.12 bits per heavy atom. The van der Waals surface area contributed by atoms with E-state index < -0.39 is 5.97 Å². The van der Waals surface area contributed by atoms with Gasteiger partial charge in [0.2, 0.25) is 0 Å². The molecular formula is C4H8N2O2. The van der Waals surface area contributed by atoms with Gasteiger partial charge in [-0.25, -0.2) is 0 Å². The fraction of sp³-hybridized carbons (Fsp3) is 0.500. The summed E-state index contributed by atoms with van der Waals surface area (Å²) >= 11 is 0. The molecule has 0 aliphatic rings. The molecule has 0 atom stereocenters. The van der Waals surface area contributed by atoms with Crippen LogP contribution in [0, 0.1) is 11.3 Å². The van der Waals surface area contributed by atoms with Crippen molar-refractivity contribution < 1.29 is 9.90 Å². The van der Waals surface area contributed by atoms with E-state index >= 15 is 0 Å². The molecule has 0 unspecified atom stereocenters. The van der Waals surface area contributed by atoms with Gasteiger partial charge in [-0.1, -0.05) is 0 Å². The molecule has 0 spiro atoms. The van der Waals surface area contributed by atoms with Crippen molar-refractivity contribution in [2.24, 2.45) is 5.73 Å². The Labute approximate surface area is 47.5 Å². The molecule has 4 nitrogen and oxygen atoms in total. The lowest BCUT2D eigenvalue weighted by Gasteiger charge is -1.73. The molecule has 0 aromatic rings. The van der Waals surface area contributed by atoms with Crippen LogP contribution in [-0.2, 0) is 4.79 Å². The molecule has 0 saturated heterocycles. The number of rotatable bonds is 1. The van der Waals surface area contributed by atoms with Gasteiger partial charge in [-0.2, -0.15) is 5.26 Å². The Kier molecular flexibility index (Phi) is 11.7. The molecule has 3 N–H and O–H groups in total. The lowest BCUT2D eigenvalue weighted by molar-refractivity contribution is -0.135. The summed E-state index contributed by atoms with van der Waals surface area (Å²) in [5.74, 6) is -0.968. The van der Waals surface area contributed by atoms with Gasteiger partial charge in [0.1, 0.15) is 0 Å². The Hall–Kier alpha value is -1.08. The number of carboxylic acids is 1. The number of hydrogen-bond acceptors (Lipinski definition) is 3. The largest absolute Gasteiger partial charge is 0.480 e. The standard InChI is InChI=1S/C2H5NO2.C2H3N/c3-1-2(4)5;1-2-3/h1,3H2,(H,4,5);1H3. The van der Waals surface area contributed by atoms with Crippen molar-refractivity contribution >= 4 is 5.97 Å². The molecule has 0 rings (SSSR count). The van der Waals surface area contributed by atoms with E-state index in [-0.39, 0.29) is 6.54 Å². The molecule has 0 aromatic carbocycles. The molecule has 46 valence electrons. The van der Waals surface area contributed by atoms with Crippen molar-refractivity contribution in [3.05, 3.63) is 0 Å². The van der Waals surface area contributed by atoms with Crippen molar-refractivity contribution in [1.29, 1.82) is 5.26 Å². The molecule has 0 fully saturated rings. The molecule has 0 saturated carbocycles. The van der Waals surface area contributed by atoms with Crippen LogP contribution >= 0.6 is 0 Å². The predicted molar refractivity (Wildman–Crippen MR) is 28.0 cm³/mol. The molecule has 0 heterocycles. The first-order chi connectivity index (χ1) is 3.68. The van der Waals surface area contributed by atoms with Crippen molar-refractivity contribution in [1.82, 2.24) is 0 Å². The number of carboxylic acid groups (broad SMARTS) is 1. The third kappa shape index (κ3) is 89.3. The third-order valence-electron chi connectivity index (χ3n) is 0.175. The number of nitrogens with zero attached hydrogens (tertiary/aromatic N) is 1. The van der Waals surface area contributed by atoms with E-state index in [2.05, 4.69) is 5.73 Å². The third-order valence-corrected chi connectivity index (χ3v) is 0.175. The first-order valence-electron chi connectivity index (χ1n) is 1.91. The zero-order valence-electron chi connectivity index (χ0n) is 4.59. The summed E-state index contributed by atoms with van der Waals surface area (Å²) in [6.45, 7) is 1.15. The van der Waals surface area contributed by atoms with Crippen LogP contribution in [0.1, 0.15) is 6.92 Å².